The highest BCUT2D eigenvalue weighted by molar-refractivity contribution is 7.89. The van der Waals surface area contributed by atoms with Gasteiger partial charge in [-0.05, 0) is 55.0 Å². The van der Waals surface area contributed by atoms with Gasteiger partial charge in [0.25, 0.3) is 0 Å². The lowest BCUT2D eigenvalue weighted by atomic mass is 9.85. The van der Waals surface area contributed by atoms with Gasteiger partial charge in [-0.2, -0.15) is 4.31 Å². The van der Waals surface area contributed by atoms with Crippen molar-refractivity contribution in [3.05, 3.63) is 76.9 Å². The molecular weight excluding hydrogens is 595 g/mol. The number of nitrogens with zero attached hydrogens (tertiary/aromatic N) is 5. The van der Waals surface area contributed by atoms with E-state index in [0.29, 0.717) is 32.6 Å². The number of fused-ring (bicyclic) bond motifs is 1. The summed E-state index contributed by atoms with van der Waals surface area (Å²) >= 11 is 0. The first-order valence-corrected chi connectivity index (χ1v) is 15.1. The summed E-state index contributed by atoms with van der Waals surface area (Å²) in [6.45, 7) is -0.465. The highest BCUT2D eigenvalue weighted by atomic mass is 32.2. The molecule has 226 valence electrons. The number of amides is 1. The third kappa shape index (κ3) is 5.13. The van der Waals surface area contributed by atoms with Crippen LogP contribution >= 0.6 is 0 Å². The van der Waals surface area contributed by atoms with Crippen molar-refractivity contribution in [1.29, 1.82) is 0 Å². The number of carbonyl (C=O) groups excluding carboxylic acids is 1. The molecule has 1 aliphatic heterocycles. The Hall–Kier alpha value is -3.98. The maximum Gasteiger partial charge on any atom is 0.249 e. The first-order valence-electron chi connectivity index (χ1n) is 13.7. The largest absolute Gasteiger partial charge is 0.305 e. The van der Waals surface area contributed by atoms with Crippen molar-refractivity contribution in [3.8, 4) is 0 Å². The van der Waals surface area contributed by atoms with Gasteiger partial charge in [-0.1, -0.05) is 30.5 Å². The average Bonchev–Trinajstić information content (AvgIpc) is 3.46. The smallest absolute Gasteiger partial charge is 0.249 e. The van der Waals surface area contributed by atoms with E-state index in [9.17, 15) is 35.2 Å². The van der Waals surface area contributed by atoms with E-state index in [1.807, 2.05) is 6.07 Å². The van der Waals surface area contributed by atoms with Crippen LogP contribution in [0.5, 0.6) is 0 Å². The number of nitrogens with one attached hydrogen (secondary N) is 1. The minimum absolute atomic E-state index is 0.0497. The Morgan fingerprint density at radius 3 is 2.26 bits per heavy atom. The Kier molecular flexibility index (Phi) is 7.62. The average molecular weight is 621 g/mol. The summed E-state index contributed by atoms with van der Waals surface area (Å²) in [4.78, 5) is 17.7. The molecule has 0 spiro atoms. The van der Waals surface area contributed by atoms with Crippen LogP contribution in [-0.4, -0.2) is 51.6 Å². The quantitative estimate of drug-likeness (QED) is 0.175. The normalized spacial score (nSPS) is 18.1. The number of hydrogen-bond donors (Lipinski definition) is 1. The van der Waals surface area contributed by atoms with Crippen molar-refractivity contribution in [2.75, 3.05) is 11.4 Å². The predicted molar refractivity (Wildman–Crippen MR) is 144 cm³/mol. The Balaban J connectivity index is 1.33. The van der Waals surface area contributed by atoms with E-state index in [0.717, 1.165) is 31.2 Å². The van der Waals surface area contributed by atoms with Gasteiger partial charge in [0.15, 0.2) is 28.2 Å². The van der Waals surface area contributed by atoms with Gasteiger partial charge in [0, 0.05) is 18.4 Å². The third-order valence-electron chi connectivity index (χ3n) is 8.12. The Labute approximate surface area is 242 Å². The van der Waals surface area contributed by atoms with E-state index in [2.05, 4.69) is 20.4 Å². The van der Waals surface area contributed by atoms with Gasteiger partial charge in [0.05, 0.1) is 17.8 Å². The molecule has 1 saturated carbocycles. The van der Waals surface area contributed by atoms with Crippen LogP contribution in [0.1, 0.15) is 55.7 Å². The fourth-order valence-corrected chi connectivity index (χ4v) is 7.42. The molecule has 2 fully saturated rings. The monoisotopic (exact) mass is 620 g/mol. The number of carbonyl (C=O) groups is 1. The lowest BCUT2D eigenvalue weighted by molar-refractivity contribution is -0.125. The van der Waals surface area contributed by atoms with Crippen molar-refractivity contribution in [2.24, 2.45) is 0 Å². The second-order valence-corrected chi connectivity index (χ2v) is 12.5. The minimum atomic E-state index is -5.30. The molecule has 9 nitrogen and oxygen atoms in total. The van der Waals surface area contributed by atoms with Crippen molar-refractivity contribution in [3.63, 3.8) is 0 Å². The summed E-state index contributed by atoms with van der Waals surface area (Å²) in [7, 11) is -5.30. The first-order chi connectivity index (χ1) is 20.6. The van der Waals surface area contributed by atoms with Gasteiger partial charge < -0.3 is 4.90 Å². The van der Waals surface area contributed by atoms with Crippen LogP contribution in [-0.2, 0) is 21.4 Å². The zero-order valence-corrected chi connectivity index (χ0v) is 23.4. The van der Waals surface area contributed by atoms with Crippen LogP contribution in [0, 0.1) is 29.1 Å². The number of hydrogen-bond acceptors (Lipinski definition) is 6. The van der Waals surface area contributed by atoms with E-state index < -0.39 is 56.0 Å². The molecule has 43 heavy (non-hydrogen) atoms. The van der Waals surface area contributed by atoms with Gasteiger partial charge in [-0.15, -0.1) is 5.10 Å². The molecule has 15 heteroatoms. The predicted octanol–water partition coefficient (Wildman–Crippen LogP) is 5.09. The molecule has 2 aromatic heterocycles. The Bertz CT molecular complexity index is 1780. The van der Waals surface area contributed by atoms with Crippen molar-refractivity contribution < 1.29 is 35.2 Å². The molecule has 2 aromatic carbocycles. The topological polar surface area (TPSA) is 112 Å². The van der Waals surface area contributed by atoms with E-state index in [4.69, 9.17) is 0 Å². The third-order valence-corrected chi connectivity index (χ3v) is 10.1. The maximum absolute atomic E-state index is 14.5. The van der Waals surface area contributed by atoms with Gasteiger partial charge in [0.2, 0.25) is 21.7 Å². The van der Waals surface area contributed by atoms with Crippen LogP contribution in [0.3, 0.4) is 0 Å². The first kappa shape index (κ1) is 29.1. The fourth-order valence-electron chi connectivity index (χ4n) is 5.67. The molecule has 1 saturated heterocycles. The highest BCUT2D eigenvalue weighted by Crippen LogP contribution is 2.36. The summed E-state index contributed by atoms with van der Waals surface area (Å²) in [5.41, 5.74) is 2.89. The molecule has 6 rings (SSSR count). The van der Waals surface area contributed by atoms with Crippen LogP contribution in [0.25, 0.3) is 11.0 Å². The molecule has 4 aromatic rings. The number of H-pyrrole nitrogens is 1. The Morgan fingerprint density at radius 2 is 1.63 bits per heavy atom. The molecule has 0 bridgehead atoms. The maximum atomic E-state index is 14.5. The number of pyridine rings is 1. The zero-order valence-electron chi connectivity index (χ0n) is 22.5. The summed E-state index contributed by atoms with van der Waals surface area (Å²) in [5.74, 6) is -12.6. The molecule has 1 unspecified atom stereocenters. The zero-order chi connectivity index (χ0) is 30.5. The van der Waals surface area contributed by atoms with Crippen LogP contribution < -0.4 is 4.90 Å². The molecular formula is C28H25F5N6O3S. The molecule has 1 aliphatic carbocycles. The van der Waals surface area contributed by atoms with Gasteiger partial charge >= 0.3 is 0 Å². The second-order valence-electron chi connectivity index (χ2n) is 10.7. The number of aromatic nitrogens is 4. The number of anilines is 1. The number of rotatable bonds is 7. The molecule has 1 amide bonds. The van der Waals surface area contributed by atoms with Crippen LogP contribution in [0.15, 0.2) is 41.4 Å². The van der Waals surface area contributed by atoms with E-state index in [1.165, 1.54) is 11.3 Å². The lowest BCUT2D eigenvalue weighted by Crippen LogP contribution is -2.59. The van der Waals surface area contributed by atoms with E-state index in [-0.39, 0.29) is 19.5 Å². The molecule has 0 radical (unpaired) electrons. The van der Waals surface area contributed by atoms with Crippen molar-refractivity contribution in [1.82, 2.24) is 24.7 Å². The number of halogens is 5. The Morgan fingerprint density at radius 1 is 0.930 bits per heavy atom. The molecule has 3 heterocycles. The number of benzene rings is 2. The summed E-state index contributed by atoms with van der Waals surface area (Å²) in [6.07, 6.45) is 7.34. The van der Waals surface area contributed by atoms with Gasteiger partial charge in [0.1, 0.15) is 11.6 Å². The number of sulfonamides is 1. The van der Waals surface area contributed by atoms with Crippen LogP contribution in [0.4, 0.5) is 27.6 Å². The van der Waals surface area contributed by atoms with E-state index >= 15 is 0 Å². The summed E-state index contributed by atoms with van der Waals surface area (Å²) in [5, 5.41) is 10.3. The highest BCUT2D eigenvalue weighted by Gasteiger charge is 2.48. The standard InChI is InChI=1S/C28H25F5N6O3S/c29-22-23(30)25(32)27(26(33)24(22)31)43(41,42)39-11-10-21(39)28(40)38(18-8-9-19-20(12-18)36-37-35-19)14-17-7-6-16(13-34-17)15-4-2-1-3-5-15/h6-9,12-13,15,21H,1-5,10-11,14H2,(H,35,36,37). The number of aromatic amines is 1. The SMILES string of the molecule is O=C(C1CCN1S(=O)(=O)c1c(F)c(F)c(F)c(F)c1F)N(Cc1ccc(C2CCCCC2)cn1)c1ccc2nn[nH]c2c1. The lowest BCUT2D eigenvalue weighted by Gasteiger charge is -2.41. The molecule has 1 atom stereocenters. The van der Waals surface area contributed by atoms with Gasteiger partial charge in [-0.25, -0.2) is 30.4 Å². The fraction of sp³-hybridized carbons (Fsp3) is 0.357. The van der Waals surface area contributed by atoms with Gasteiger partial charge in [-0.3, -0.25) is 14.9 Å². The van der Waals surface area contributed by atoms with Crippen molar-refractivity contribution >= 4 is 32.7 Å². The summed E-state index contributed by atoms with van der Waals surface area (Å²) < 4.78 is 97.2. The molecule has 1 N–H and O–H groups in total. The van der Waals surface area contributed by atoms with Crippen molar-refractivity contribution in [2.45, 2.75) is 61.9 Å². The van der Waals surface area contributed by atoms with Crippen LogP contribution in [0.2, 0.25) is 0 Å². The van der Waals surface area contributed by atoms with E-state index in [1.54, 1.807) is 30.5 Å². The molecule has 2 aliphatic rings. The second kappa shape index (κ2) is 11.3. The summed E-state index contributed by atoms with van der Waals surface area (Å²) in [6, 6.07) is 7.00. The minimum Gasteiger partial charge on any atom is -0.305 e.